The quantitative estimate of drug-likeness (QED) is 0.101. The summed E-state index contributed by atoms with van der Waals surface area (Å²) >= 11 is 0. The maximum atomic E-state index is 12.3. The molecule has 0 aliphatic carbocycles. The van der Waals surface area contributed by atoms with Crippen LogP contribution >= 0.6 is 0 Å². The number of hydrogen-bond acceptors (Lipinski definition) is 11. The molecule has 0 aromatic heterocycles. The van der Waals surface area contributed by atoms with Crippen LogP contribution in [0.3, 0.4) is 0 Å². The molecule has 0 saturated carbocycles. The van der Waals surface area contributed by atoms with Gasteiger partial charge in [0.15, 0.2) is 0 Å². The molecule has 0 unspecified atom stereocenters. The lowest BCUT2D eigenvalue weighted by Crippen LogP contribution is -2.33. The van der Waals surface area contributed by atoms with Crippen LogP contribution in [-0.2, 0) is 42.7 Å². The van der Waals surface area contributed by atoms with Crippen molar-refractivity contribution in [2.45, 2.75) is 19.3 Å². The summed E-state index contributed by atoms with van der Waals surface area (Å²) in [6, 6.07) is 6.79. The Kier molecular flexibility index (Phi) is 19.8. The summed E-state index contributed by atoms with van der Waals surface area (Å²) < 4.78 is 38.0. The molecule has 242 valence electrons. The molecule has 0 atom stereocenters. The van der Waals surface area contributed by atoms with Crippen LogP contribution in [0, 0.1) is 0 Å². The van der Waals surface area contributed by atoms with E-state index in [1.165, 1.54) is 4.90 Å². The van der Waals surface area contributed by atoms with Crippen LogP contribution < -0.4 is 5.32 Å². The highest BCUT2D eigenvalue weighted by Crippen LogP contribution is 2.21. The molecule has 0 radical (unpaired) electrons. The van der Waals surface area contributed by atoms with Gasteiger partial charge in [0.2, 0.25) is 5.91 Å². The molecule has 3 amide bonds. The normalized spacial score (nSPS) is 12.6. The first kappa shape index (κ1) is 36.2. The molecule has 14 nitrogen and oxygen atoms in total. The van der Waals surface area contributed by atoms with E-state index in [4.69, 9.17) is 38.3 Å². The van der Waals surface area contributed by atoms with Crippen LogP contribution in [0.25, 0.3) is 0 Å². The predicted molar refractivity (Wildman–Crippen MR) is 152 cm³/mol. The highest BCUT2D eigenvalue weighted by Gasteiger charge is 2.34. The van der Waals surface area contributed by atoms with Gasteiger partial charge in [-0.3, -0.25) is 24.1 Å². The number of hydrogen-bond donors (Lipinski definition) is 2. The monoisotopic (exact) mass is 612 g/mol. The SMILES string of the molecule is O=C(O)CCC(=O)NCCCOCCOCCOCCOCCOCCOCCOCCN1C(=O)c2ccccc2C1=O. The topological polar surface area (TPSA) is 168 Å². The lowest BCUT2D eigenvalue weighted by Gasteiger charge is -2.13. The van der Waals surface area contributed by atoms with Crippen molar-refractivity contribution in [3.63, 3.8) is 0 Å². The number of aliphatic carboxylic acids is 1. The molecule has 1 heterocycles. The van der Waals surface area contributed by atoms with E-state index in [2.05, 4.69) is 5.32 Å². The Hall–Kier alpha value is -2.98. The Labute approximate surface area is 251 Å². The molecule has 1 aromatic rings. The second-order valence-corrected chi connectivity index (χ2v) is 9.19. The first-order valence-corrected chi connectivity index (χ1v) is 14.5. The number of imide groups is 1. The van der Waals surface area contributed by atoms with Crippen LogP contribution in [-0.4, -0.2) is 139 Å². The molecule has 0 bridgehead atoms. The molecule has 2 rings (SSSR count). The number of ether oxygens (including phenoxy) is 7. The van der Waals surface area contributed by atoms with Gasteiger partial charge in [0.25, 0.3) is 11.8 Å². The van der Waals surface area contributed by atoms with Crippen LogP contribution in [0.5, 0.6) is 0 Å². The van der Waals surface area contributed by atoms with E-state index >= 15 is 0 Å². The molecule has 1 aliphatic heterocycles. The van der Waals surface area contributed by atoms with Crippen molar-refractivity contribution in [2.24, 2.45) is 0 Å². The summed E-state index contributed by atoms with van der Waals surface area (Å²) in [4.78, 5) is 47.5. The van der Waals surface area contributed by atoms with E-state index in [0.29, 0.717) is 110 Å². The van der Waals surface area contributed by atoms with Crippen molar-refractivity contribution in [3.8, 4) is 0 Å². The molecular formula is C29H44N2O12. The number of carbonyl (C=O) groups excluding carboxylic acids is 3. The molecule has 2 N–H and O–H groups in total. The standard InChI is InChI=1S/C29H44N2O12/c32-26(6-7-27(33)34)30-8-3-10-37-12-14-39-16-18-41-20-22-43-23-21-42-19-17-40-15-13-38-11-9-31-28(35)24-4-1-2-5-25(24)29(31)36/h1-2,4-5H,3,6-23H2,(H,30,32)(H,33,34). The highest BCUT2D eigenvalue weighted by molar-refractivity contribution is 6.21. The zero-order chi connectivity index (χ0) is 31.0. The van der Waals surface area contributed by atoms with Crippen molar-refractivity contribution in [1.82, 2.24) is 10.2 Å². The second kappa shape index (κ2) is 23.5. The van der Waals surface area contributed by atoms with E-state index in [1.54, 1.807) is 24.3 Å². The zero-order valence-corrected chi connectivity index (χ0v) is 24.6. The average molecular weight is 613 g/mol. The molecule has 14 heteroatoms. The molecule has 0 fully saturated rings. The summed E-state index contributed by atoms with van der Waals surface area (Å²) in [5.41, 5.74) is 0.868. The fourth-order valence-corrected chi connectivity index (χ4v) is 3.73. The van der Waals surface area contributed by atoms with Gasteiger partial charge < -0.3 is 43.6 Å². The van der Waals surface area contributed by atoms with Gasteiger partial charge in [0.05, 0.1) is 110 Å². The smallest absolute Gasteiger partial charge is 0.303 e. The van der Waals surface area contributed by atoms with Gasteiger partial charge in [0, 0.05) is 19.6 Å². The Morgan fingerprint density at radius 3 is 1.42 bits per heavy atom. The second-order valence-electron chi connectivity index (χ2n) is 9.19. The number of benzene rings is 1. The Morgan fingerprint density at radius 1 is 0.605 bits per heavy atom. The van der Waals surface area contributed by atoms with Gasteiger partial charge >= 0.3 is 5.97 Å². The first-order chi connectivity index (χ1) is 21.0. The van der Waals surface area contributed by atoms with E-state index in [0.717, 1.165) is 0 Å². The maximum absolute atomic E-state index is 12.3. The van der Waals surface area contributed by atoms with Crippen molar-refractivity contribution in [3.05, 3.63) is 35.4 Å². The average Bonchev–Trinajstić information content (AvgIpc) is 3.24. The number of nitrogens with zero attached hydrogens (tertiary/aromatic N) is 1. The number of amides is 3. The number of nitrogens with one attached hydrogen (secondary N) is 1. The van der Waals surface area contributed by atoms with Crippen LogP contribution in [0.15, 0.2) is 24.3 Å². The lowest BCUT2D eigenvalue weighted by molar-refractivity contribution is -0.138. The van der Waals surface area contributed by atoms with E-state index in [-0.39, 0.29) is 43.7 Å². The summed E-state index contributed by atoms with van der Waals surface area (Å²) in [7, 11) is 0. The van der Waals surface area contributed by atoms with Crippen LogP contribution in [0.2, 0.25) is 0 Å². The fraction of sp³-hybridized carbons (Fsp3) is 0.655. The van der Waals surface area contributed by atoms with Gasteiger partial charge in [0.1, 0.15) is 0 Å². The number of rotatable bonds is 28. The number of carboxylic acids is 1. The van der Waals surface area contributed by atoms with E-state index in [9.17, 15) is 19.2 Å². The van der Waals surface area contributed by atoms with Gasteiger partial charge in [-0.15, -0.1) is 0 Å². The minimum atomic E-state index is -0.988. The summed E-state index contributed by atoms with van der Waals surface area (Å²) in [5, 5.41) is 11.2. The third-order valence-corrected chi connectivity index (χ3v) is 5.92. The number of fused-ring (bicyclic) bond motifs is 1. The third kappa shape index (κ3) is 16.4. The minimum Gasteiger partial charge on any atom is -0.481 e. The largest absolute Gasteiger partial charge is 0.481 e. The van der Waals surface area contributed by atoms with Gasteiger partial charge in [-0.1, -0.05) is 12.1 Å². The van der Waals surface area contributed by atoms with Crippen LogP contribution in [0.1, 0.15) is 40.0 Å². The molecule has 43 heavy (non-hydrogen) atoms. The molecular weight excluding hydrogens is 568 g/mol. The lowest BCUT2D eigenvalue weighted by atomic mass is 10.1. The Balaban J connectivity index is 1.22. The van der Waals surface area contributed by atoms with Gasteiger partial charge in [-0.05, 0) is 18.6 Å². The van der Waals surface area contributed by atoms with Crippen LogP contribution in [0.4, 0.5) is 0 Å². The van der Waals surface area contributed by atoms with E-state index in [1.807, 2.05) is 0 Å². The Bertz CT molecular complexity index is 926. The van der Waals surface area contributed by atoms with Gasteiger partial charge in [-0.25, -0.2) is 0 Å². The predicted octanol–water partition coefficient (Wildman–Crippen LogP) is 0.770. The fourth-order valence-electron chi connectivity index (χ4n) is 3.73. The number of carboxylic acid groups (broad SMARTS) is 1. The number of carbonyl (C=O) groups is 4. The summed E-state index contributed by atoms with van der Waals surface area (Å²) in [6.45, 7) is 6.55. The molecule has 0 saturated heterocycles. The first-order valence-electron chi connectivity index (χ1n) is 14.5. The summed E-state index contributed by atoms with van der Waals surface area (Å²) in [6.07, 6.45) is 0.457. The minimum absolute atomic E-state index is 0.0164. The zero-order valence-electron chi connectivity index (χ0n) is 24.6. The molecule has 1 aliphatic rings. The van der Waals surface area contributed by atoms with Crippen molar-refractivity contribution in [1.29, 1.82) is 0 Å². The van der Waals surface area contributed by atoms with Crippen molar-refractivity contribution in [2.75, 3.05) is 106 Å². The van der Waals surface area contributed by atoms with Crippen molar-refractivity contribution < 1.29 is 57.4 Å². The molecule has 1 aromatic carbocycles. The van der Waals surface area contributed by atoms with Gasteiger partial charge in [-0.2, -0.15) is 0 Å². The highest BCUT2D eigenvalue weighted by atomic mass is 16.6. The third-order valence-electron chi connectivity index (χ3n) is 5.92. The van der Waals surface area contributed by atoms with E-state index < -0.39 is 5.97 Å². The Morgan fingerprint density at radius 2 is 1.00 bits per heavy atom. The summed E-state index contributed by atoms with van der Waals surface area (Å²) in [5.74, 6) is -1.83. The molecule has 0 spiro atoms. The van der Waals surface area contributed by atoms with Crippen molar-refractivity contribution >= 4 is 23.7 Å². The maximum Gasteiger partial charge on any atom is 0.303 e.